The van der Waals surface area contributed by atoms with Crippen LogP contribution in [0.1, 0.15) is 29.6 Å². The Morgan fingerprint density at radius 2 is 1.90 bits per heavy atom. The molecule has 0 N–H and O–H groups in total. The lowest BCUT2D eigenvalue weighted by molar-refractivity contribution is -0.127. The van der Waals surface area contributed by atoms with E-state index in [4.69, 9.17) is 11.6 Å². The fraction of sp³-hybridized carbons (Fsp3) is 0.238. The Morgan fingerprint density at radius 3 is 2.67 bits per heavy atom. The minimum atomic E-state index is -0.515. The highest BCUT2D eigenvalue weighted by atomic mass is 35.5. The Labute approximate surface area is 182 Å². The Morgan fingerprint density at radius 1 is 1.13 bits per heavy atom. The second kappa shape index (κ2) is 8.97. The SMILES string of the molecule is O=C(c1ccc(Cl)cc1)N1CCCC[C@@H](Sc2nncn2-c2ccccc2F)C1=O. The molecule has 1 aromatic heterocycles. The number of carbonyl (C=O) groups excluding carboxylic acids is 2. The van der Waals surface area contributed by atoms with E-state index in [2.05, 4.69) is 10.2 Å². The molecule has 154 valence electrons. The van der Waals surface area contributed by atoms with Crippen LogP contribution in [0.2, 0.25) is 5.02 Å². The molecule has 2 heterocycles. The third-order valence-corrected chi connectivity index (χ3v) is 6.31. The van der Waals surface area contributed by atoms with Crippen molar-refractivity contribution in [2.24, 2.45) is 0 Å². The standard InChI is InChI=1S/C21H18ClFN4O2S/c22-15-10-8-14(9-11-15)19(28)26-12-4-3-7-18(20(26)29)30-21-25-24-13-27(21)17-6-2-1-5-16(17)23/h1-2,5-6,8-11,13,18H,3-4,7,12H2/t18-/m1/s1. The van der Waals surface area contributed by atoms with Crippen molar-refractivity contribution < 1.29 is 14.0 Å². The van der Waals surface area contributed by atoms with Gasteiger partial charge in [-0.2, -0.15) is 0 Å². The predicted octanol–water partition coefficient (Wildman–Crippen LogP) is 4.37. The van der Waals surface area contributed by atoms with E-state index in [1.807, 2.05) is 0 Å². The number of benzene rings is 2. The maximum Gasteiger partial charge on any atom is 0.260 e. The summed E-state index contributed by atoms with van der Waals surface area (Å²) in [6.07, 6.45) is 3.53. The topological polar surface area (TPSA) is 68.1 Å². The van der Waals surface area contributed by atoms with Crippen molar-refractivity contribution >= 4 is 35.2 Å². The van der Waals surface area contributed by atoms with Gasteiger partial charge in [-0.15, -0.1) is 10.2 Å². The molecule has 0 aliphatic carbocycles. The number of para-hydroxylation sites is 1. The Kier molecular flexibility index (Phi) is 6.15. The molecular formula is C21H18ClFN4O2S. The van der Waals surface area contributed by atoms with E-state index in [1.54, 1.807) is 42.5 Å². The van der Waals surface area contributed by atoms with Gasteiger partial charge in [0.2, 0.25) is 5.91 Å². The first-order valence-corrected chi connectivity index (χ1v) is 10.7. The van der Waals surface area contributed by atoms with Gasteiger partial charge in [-0.3, -0.25) is 19.1 Å². The first-order chi connectivity index (χ1) is 14.5. The summed E-state index contributed by atoms with van der Waals surface area (Å²) in [5.41, 5.74) is 0.716. The summed E-state index contributed by atoms with van der Waals surface area (Å²) < 4.78 is 15.7. The van der Waals surface area contributed by atoms with Crippen molar-refractivity contribution in [2.75, 3.05) is 6.54 Å². The molecule has 1 aliphatic rings. The molecule has 2 amide bonds. The minimum absolute atomic E-state index is 0.277. The summed E-state index contributed by atoms with van der Waals surface area (Å²) in [7, 11) is 0. The summed E-state index contributed by atoms with van der Waals surface area (Å²) in [6, 6.07) is 12.8. The molecule has 4 rings (SSSR count). The zero-order chi connectivity index (χ0) is 21.1. The number of carbonyl (C=O) groups is 2. The molecule has 2 aromatic carbocycles. The van der Waals surface area contributed by atoms with Crippen molar-refractivity contribution in [1.29, 1.82) is 0 Å². The number of imide groups is 1. The normalized spacial score (nSPS) is 17.1. The molecule has 0 bridgehead atoms. The van der Waals surface area contributed by atoms with E-state index in [1.165, 1.54) is 33.6 Å². The second-order valence-electron chi connectivity index (χ2n) is 6.84. The molecule has 3 aromatic rings. The lowest BCUT2D eigenvalue weighted by Crippen LogP contribution is -2.41. The maximum atomic E-state index is 14.2. The second-order valence-corrected chi connectivity index (χ2v) is 8.45. The molecule has 9 heteroatoms. The van der Waals surface area contributed by atoms with Gasteiger partial charge in [0.1, 0.15) is 12.1 Å². The number of nitrogens with zero attached hydrogens (tertiary/aromatic N) is 4. The average Bonchev–Trinajstić information content (AvgIpc) is 3.12. The molecule has 1 fully saturated rings. The van der Waals surface area contributed by atoms with E-state index >= 15 is 0 Å². The van der Waals surface area contributed by atoms with Gasteiger partial charge in [0.25, 0.3) is 5.91 Å². The molecule has 0 unspecified atom stereocenters. The van der Waals surface area contributed by atoms with Crippen LogP contribution >= 0.6 is 23.4 Å². The van der Waals surface area contributed by atoms with E-state index in [0.29, 0.717) is 34.4 Å². The van der Waals surface area contributed by atoms with Crippen LogP contribution < -0.4 is 0 Å². The molecule has 30 heavy (non-hydrogen) atoms. The largest absolute Gasteiger partial charge is 0.278 e. The highest BCUT2D eigenvalue weighted by molar-refractivity contribution is 8.00. The first kappa shape index (κ1) is 20.6. The Hall–Kier alpha value is -2.71. The van der Waals surface area contributed by atoms with Crippen LogP contribution in [0.15, 0.2) is 60.0 Å². The monoisotopic (exact) mass is 444 g/mol. The predicted molar refractivity (Wildman–Crippen MR) is 112 cm³/mol. The highest BCUT2D eigenvalue weighted by Gasteiger charge is 2.33. The van der Waals surface area contributed by atoms with Crippen LogP contribution in [0, 0.1) is 5.82 Å². The van der Waals surface area contributed by atoms with Crippen molar-refractivity contribution in [1.82, 2.24) is 19.7 Å². The fourth-order valence-electron chi connectivity index (χ4n) is 3.31. The Balaban J connectivity index is 1.57. The van der Waals surface area contributed by atoms with Crippen molar-refractivity contribution in [3.05, 3.63) is 71.3 Å². The zero-order valence-corrected chi connectivity index (χ0v) is 17.4. The number of rotatable bonds is 4. The van der Waals surface area contributed by atoms with Gasteiger partial charge >= 0.3 is 0 Å². The number of hydrogen-bond acceptors (Lipinski definition) is 5. The number of thioether (sulfide) groups is 1. The molecule has 0 spiro atoms. The summed E-state index contributed by atoms with van der Waals surface area (Å²) in [5, 5.41) is 8.36. The number of aromatic nitrogens is 3. The maximum absolute atomic E-state index is 14.2. The quantitative estimate of drug-likeness (QED) is 0.559. The van der Waals surface area contributed by atoms with Crippen LogP contribution in [-0.2, 0) is 4.79 Å². The van der Waals surface area contributed by atoms with Gasteiger partial charge in [-0.1, -0.05) is 41.9 Å². The number of hydrogen-bond donors (Lipinski definition) is 0. The van der Waals surface area contributed by atoms with E-state index < -0.39 is 11.1 Å². The Bertz CT molecular complexity index is 1070. The van der Waals surface area contributed by atoms with Crippen LogP contribution in [0.25, 0.3) is 5.69 Å². The van der Waals surface area contributed by atoms with Crippen LogP contribution in [0.3, 0.4) is 0 Å². The summed E-state index contributed by atoms with van der Waals surface area (Å²) in [5.74, 6) is -1.04. The molecular weight excluding hydrogens is 427 g/mol. The molecule has 1 saturated heterocycles. The van der Waals surface area contributed by atoms with Gasteiger partial charge in [0.05, 0.1) is 10.9 Å². The number of halogens is 2. The molecule has 1 atom stereocenters. The fourth-order valence-corrected chi connectivity index (χ4v) is 4.56. The van der Waals surface area contributed by atoms with Crippen molar-refractivity contribution in [3.8, 4) is 5.69 Å². The third kappa shape index (κ3) is 4.24. The third-order valence-electron chi connectivity index (χ3n) is 4.85. The minimum Gasteiger partial charge on any atom is -0.278 e. The van der Waals surface area contributed by atoms with Crippen LogP contribution in [0.4, 0.5) is 4.39 Å². The van der Waals surface area contributed by atoms with Gasteiger partial charge in [-0.25, -0.2) is 4.39 Å². The summed E-state index contributed by atoms with van der Waals surface area (Å²) in [4.78, 5) is 27.4. The van der Waals surface area contributed by atoms with Gasteiger partial charge in [-0.05, 0) is 49.2 Å². The molecule has 0 saturated carbocycles. The zero-order valence-electron chi connectivity index (χ0n) is 15.9. The smallest absolute Gasteiger partial charge is 0.260 e. The molecule has 0 radical (unpaired) electrons. The molecule has 1 aliphatic heterocycles. The van der Waals surface area contributed by atoms with E-state index in [0.717, 1.165) is 12.8 Å². The van der Waals surface area contributed by atoms with E-state index in [-0.39, 0.29) is 11.8 Å². The lowest BCUT2D eigenvalue weighted by atomic mass is 10.2. The first-order valence-electron chi connectivity index (χ1n) is 9.47. The van der Waals surface area contributed by atoms with E-state index in [9.17, 15) is 14.0 Å². The van der Waals surface area contributed by atoms with Crippen LogP contribution in [0.5, 0.6) is 0 Å². The highest BCUT2D eigenvalue weighted by Crippen LogP contribution is 2.31. The summed E-state index contributed by atoms with van der Waals surface area (Å²) >= 11 is 7.10. The van der Waals surface area contributed by atoms with Crippen molar-refractivity contribution in [2.45, 2.75) is 29.7 Å². The number of likely N-dealkylation sites (tertiary alicyclic amines) is 1. The molecule has 6 nitrogen and oxygen atoms in total. The van der Waals surface area contributed by atoms with Crippen molar-refractivity contribution in [3.63, 3.8) is 0 Å². The van der Waals surface area contributed by atoms with Gasteiger partial charge in [0.15, 0.2) is 5.16 Å². The van der Waals surface area contributed by atoms with Crippen LogP contribution in [-0.4, -0.2) is 43.3 Å². The van der Waals surface area contributed by atoms with Gasteiger partial charge in [0, 0.05) is 17.1 Å². The summed E-state index contributed by atoms with van der Waals surface area (Å²) in [6.45, 7) is 0.358. The lowest BCUT2D eigenvalue weighted by Gasteiger charge is -2.22. The van der Waals surface area contributed by atoms with Gasteiger partial charge < -0.3 is 0 Å². The number of amides is 2. The average molecular weight is 445 g/mol.